The molecule has 0 amide bonds. The van der Waals surface area contributed by atoms with Crippen molar-refractivity contribution in [2.75, 3.05) is 16.8 Å². The van der Waals surface area contributed by atoms with Gasteiger partial charge in [0.15, 0.2) is 5.82 Å². The first kappa shape index (κ1) is 13.3. The summed E-state index contributed by atoms with van der Waals surface area (Å²) in [5.41, 5.74) is 12.2. The fourth-order valence-electron chi connectivity index (χ4n) is 2.51. The summed E-state index contributed by atoms with van der Waals surface area (Å²) in [6.07, 6.45) is 0. The molecule has 0 aromatic heterocycles. The molecule has 3 nitrogen and oxygen atoms in total. The van der Waals surface area contributed by atoms with Crippen LogP contribution in [0.1, 0.15) is 27.7 Å². The van der Waals surface area contributed by atoms with E-state index in [1.54, 1.807) is 0 Å². The zero-order valence-corrected chi connectivity index (χ0v) is 11.8. The van der Waals surface area contributed by atoms with Crippen molar-refractivity contribution in [1.29, 1.82) is 0 Å². The van der Waals surface area contributed by atoms with E-state index in [2.05, 4.69) is 33.0 Å². The zero-order valence-electron chi connectivity index (χ0n) is 11.1. The van der Waals surface area contributed by atoms with Crippen LogP contribution in [-0.2, 0) is 0 Å². The van der Waals surface area contributed by atoms with E-state index in [-0.39, 0.29) is 39.0 Å². The molecule has 5 heteroatoms. The summed E-state index contributed by atoms with van der Waals surface area (Å²) in [6, 6.07) is 1.64. The van der Waals surface area contributed by atoms with Crippen molar-refractivity contribution in [3.8, 4) is 0 Å². The van der Waals surface area contributed by atoms with E-state index < -0.39 is 5.82 Å². The molecule has 100 valence electrons. The van der Waals surface area contributed by atoms with Crippen LogP contribution in [0.25, 0.3) is 0 Å². The van der Waals surface area contributed by atoms with Crippen LogP contribution in [0.15, 0.2) is 6.07 Å². The molecular formula is C13H19ClFN3. The summed E-state index contributed by atoms with van der Waals surface area (Å²) in [5, 5.41) is 3.08. The van der Waals surface area contributed by atoms with E-state index in [0.29, 0.717) is 0 Å². The molecule has 0 aliphatic heterocycles. The van der Waals surface area contributed by atoms with Gasteiger partial charge in [-0.15, -0.1) is 0 Å². The Kier molecular flexibility index (Phi) is 2.71. The third-order valence-electron chi connectivity index (χ3n) is 4.57. The number of hydrogen-bond donors (Lipinski definition) is 3. The molecule has 1 aliphatic carbocycles. The minimum Gasteiger partial charge on any atom is -0.397 e. The van der Waals surface area contributed by atoms with Gasteiger partial charge in [0.2, 0.25) is 0 Å². The Morgan fingerprint density at radius 3 is 2.11 bits per heavy atom. The number of nitrogens with two attached hydrogens (primary N) is 2. The van der Waals surface area contributed by atoms with Crippen molar-refractivity contribution in [3.63, 3.8) is 0 Å². The van der Waals surface area contributed by atoms with Crippen molar-refractivity contribution < 1.29 is 4.39 Å². The molecule has 1 aromatic rings. The second kappa shape index (κ2) is 3.67. The first-order valence-corrected chi connectivity index (χ1v) is 6.28. The van der Waals surface area contributed by atoms with Crippen LogP contribution in [0, 0.1) is 16.6 Å². The maximum absolute atomic E-state index is 14.1. The molecular weight excluding hydrogens is 253 g/mol. The Morgan fingerprint density at radius 2 is 1.67 bits per heavy atom. The quantitative estimate of drug-likeness (QED) is 0.722. The van der Waals surface area contributed by atoms with E-state index in [9.17, 15) is 4.39 Å². The van der Waals surface area contributed by atoms with Gasteiger partial charge >= 0.3 is 0 Å². The summed E-state index contributed by atoms with van der Waals surface area (Å²) in [5.74, 6) is -0.576. The number of benzene rings is 1. The normalized spacial score (nSPS) is 20.8. The van der Waals surface area contributed by atoms with Gasteiger partial charge in [0.25, 0.3) is 0 Å². The summed E-state index contributed by atoms with van der Waals surface area (Å²) >= 11 is 5.81. The molecule has 0 radical (unpaired) electrons. The summed E-state index contributed by atoms with van der Waals surface area (Å²) < 4.78 is 14.1. The van der Waals surface area contributed by atoms with E-state index in [1.807, 2.05) is 0 Å². The molecule has 0 bridgehead atoms. The van der Waals surface area contributed by atoms with Gasteiger partial charge in [-0.1, -0.05) is 39.3 Å². The van der Waals surface area contributed by atoms with Gasteiger partial charge in [-0.25, -0.2) is 4.39 Å². The lowest BCUT2D eigenvalue weighted by Crippen LogP contribution is -2.13. The Morgan fingerprint density at radius 1 is 1.17 bits per heavy atom. The smallest absolute Gasteiger partial charge is 0.169 e. The molecule has 0 atom stereocenters. The Bertz CT molecular complexity index is 497. The van der Waals surface area contributed by atoms with Crippen LogP contribution in [0.2, 0.25) is 5.02 Å². The number of rotatable bonds is 2. The maximum Gasteiger partial charge on any atom is 0.169 e. The molecule has 0 spiro atoms. The highest BCUT2D eigenvalue weighted by atomic mass is 35.5. The largest absolute Gasteiger partial charge is 0.397 e. The van der Waals surface area contributed by atoms with Gasteiger partial charge < -0.3 is 16.8 Å². The third kappa shape index (κ3) is 1.62. The highest BCUT2D eigenvalue weighted by Crippen LogP contribution is 2.64. The van der Waals surface area contributed by atoms with Crippen molar-refractivity contribution >= 4 is 28.7 Å². The Labute approximate surface area is 112 Å². The van der Waals surface area contributed by atoms with Gasteiger partial charge in [-0.2, -0.15) is 0 Å². The molecule has 5 N–H and O–H groups in total. The second-order valence-corrected chi connectivity index (χ2v) is 6.46. The molecule has 1 saturated carbocycles. The van der Waals surface area contributed by atoms with Crippen molar-refractivity contribution in [1.82, 2.24) is 0 Å². The van der Waals surface area contributed by atoms with E-state index in [1.165, 1.54) is 6.07 Å². The topological polar surface area (TPSA) is 64.1 Å². The molecule has 0 heterocycles. The highest BCUT2D eigenvalue weighted by molar-refractivity contribution is 6.33. The van der Waals surface area contributed by atoms with Crippen molar-refractivity contribution in [2.45, 2.75) is 33.7 Å². The van der Waals surface area contributed by atoms with Crippen molar-refractivity contribution in [2.24, 2.45) is 10.8 Å². The van der Waals surface area contributed by atoms with E-state index >= 15 is 0 Å². The Hall–Kier alpha value is -1.16. The van der Waals surface area contributed by atoms with Gasteiger partial charge in [0.05, 0.1) is 17.1 Å². The highest BCUT2D eigenvalue weighted by Gasteiger charge is 2.65. The van der Waals surface area contributed by atoms with Gasteiger partial charge in [0.1, 0.15) is 5.02 Å². The molecule has 2 rings (SSSR count). The predicted molar refractivity (Wildman–Crippen MR) is 75.2 cm³/mol. The van der Waals surface area contributed by atoms with Crippen LogP contribution in [0.5, 0.6) is 0 Å². The summed E-state index contributed by atoms with van der Waals surface area (Å²) in [4.78, 5) is 0. The average molecular weight is 272 g/mol. The van der Waals surface area contributed by atoms with Crippen LogP contribution in [0.3, 0.4) is 0 Å². The first-order chi connectivity index (χ1) is 8.10. The van der Waals surface area contributed by atoms with E-state index in [0.717, 1.165) is 0 Å². The van der Waals surface area contributed by atoms with Gasteiger partial charge in [-0.05, 0) is 16.9 Å². The van der Waals surface area contributed by atoms with Crippen LogP contribution >= 0.6 is 11.6 Å². The maximum atomic E-state index is 14.1. The fourth-order valence-corrected chi connectivity index (χ4v) is 2.66. The molecule has 0 saturated heterocycles. The predicted octanol–water partition coefficient (Wildman–Crippen LogP) is 3.49. The number of anilines is 3. The average Bonchev–Trinajstić information content (AvgIpc) is 2.62. The standard InChI is InChI=1S/C13H19ClFN3/c1-12(2)11(13(12,3)4)18-10-7(17)5-6(16)8(14)9(10)15/h5,11,18H,16-17H2,1-4H3. The monoisotopic (exact) mass is 271 g/mol. The minimum absolute atomic E-state index is 0.0806. The van der Waals surface area contributed by atoms with Crippen LogP contribution in [0.4, 0.5) is 21.5 Å². The van der Waals surface area contributed by atoms with Crippen molar-refractivity contribution in [3.05, 3.63) is 16.9 Å². The Balaban J connectivity index is 2.35. The van der Waals surface area contributed by atoms with Gasteiger partial charge in [-0.3, -0.25) is 0 Å². The van der Waals surface area contributed by atoms with E-state index in [4.69, 9.17) is 23.1 Å². The second-order valence-electron chi connectivity index (χ2n) is 6.08. The summed E-state index contributed by atoms with van der Waals surface area (Å²) in [7, 11) is 0. The number of hydrogen-bond acceptors (Lipinski definition) is 3. The molecule has 18 heavy (non-hydrogen) atoms. The fraction of sp³-hybridized carbons (Fsp3) is 0.538. The third-order valence-corrected chi connectivity index (χ3v) is 4.96. The number of halogens is 2. The molecule has 0 unspecified atom stereocenters. The zero-order chi connectivity index (χ0) is 13.9. The first-order valence-electron chi connectivity index (χ1n) is 5.90. The van der Waals surface area contributed by atoms with Crippen LogP contribution < -0.4 is 16.8 Å². The lowest BCUT2D eigenvalue weighted by molar-refractivity contribution is 0.457. The number of nitrogen functional groups attached to an aromatic ring is 2. The summed E-state index contributed by atoms with van der Waals surface area (Å²) in [6.45, 7) is 8.55. The molecule has 1 fully saturated rings. The van der Waals surface area contributed by atoms with Crippen LogP contribution in [-0.4, -0.2) is 6.04 Å². The minimum atomic E-state index is -0.576. The molecule has 1 aromatic carbocycles. The SMILES string of the molecule is CC1(C)C(Nc2c(N)cc(N)c(Cl)c2F)C1(C)C. The lowest BCUT2D eigenvalue weighted by Gasteiger charge is -2.14. The lowest BCUT2D eigenvalue weighted by atomic mass is 10.0. The number of nitrogens with one attached hydrogen (secondary N) is 1. The van der Waals surface area contributed by atoms with Gasteiger partial charge in [0, 0.05) is 6.04 Å². The molecule has 1 aliphatic rings.